The van der Waals surface area contributed by atoms with Crippen LogP contribution >= 0.6 is 22.7 Å². The van der Waals surface area contributed by atoms with Crippen molar-refractivity contribution < 1.29 is 14.3 Å². The van der Waals surface area contributed by atoms with Gasteiger partial charge in [0, 0.05) is 16.0 Å². The van der Waals surface area contributed by atoms with Crippen LogP contribution in [0.25, 0.3) is 0 Å². The van der Waals surface area contributed by atoms with Crippen LogP contribution in [0.5, 0.6) is 11.5 Å². The first kappa shape index (κ1) is 23.8. The predicted octanol–water partition coefficient (Wildman–Crippen LogP) is 6.52. The fraction of sp³-hybridized carbons (Fsp3) is 0.423. The fourth-order valence-electron chi connectivity index (χ4n) is 4.59. The van der Waals surface area contributed by atoms with Crippen molar-refractivity contribution in [1.82, 2.24) is 4.90 Å². The Morgan fingerprint density at radius 1 is 1.12 bits per heavy atom. The third kappa shape index (κ3) is 4.81. The Morgan fingerprint density at radius 3 is 2.52 bits per heavy atom. The Balaban J connectivity index is 1.84. The summed E-state index contributed by atoms with van der Waals surface area (Å²) in [4.78, 5) is 17.5. The van der Waals surface area contributed by atoms with Crippen molar-refractivity contribution in [3.8, 4) is 11.5 Å². The molecule has 5 nitrogen and oxygen atoms in total. The van der Waals surface area contributed by atoms with Gasteiger partial charge in [-0.15, -0.1) is 22.7 Å². The number of aryl methyl sites for hydroxylation is 1. The molecule has 3 aromatic rings. The highest BCUT2D eigenvalue weighted by molar-refractivity contribution is 7.17. The smallest absolute Gasteiger partial charge is 0.266 e. The largest absolute Gasteiger partial charge is 0.493 e. The van der Waals surface area contributed by atoms with Gasteiger partial charge in [-0.3, -0.25) is 9.69 Å². The van der Waals surface area contributed by atoms with E-state index in [1.54, 1.807) is 25.6 Å². The number of carbonyl (C=O) groups is 1. The van der Waals surface area contributed by atoms with Crippen LogP contribution in [-0.2, 0) is 0 Å². The van der Waals surface area contributed by atoms with Gasteiger partial charge < -0.3 is 14.8 Å². The minimum atomic E-state index is -0.0591. The van der Waals surface area contributed by atoms with Crippen LogP contribution in [0.2, 0.25) is 0 Å². The number of amides is 1. The van der Waals surface area contributed by atoms with Crippen LogP contribution in [0.1, 0.15) is 57.0 Å². The van der Waals surface area contributed by atoms with Gasteiger partial charge in [-0.05, 0) is 68.8 Å². The van der Waals surface area contributed by atoms with E-state index in [2.05, 4.69) is 37.1 Å². The van der Waals surface area contributed by atoms with E-state index in [1.165, 1.54) is 21.8 Å². The van der Waals surface area contributed by atoms with E-state index in [1.807, 2.05) is 29.6 Å². The van der Waals surface area contributed by atoms with Crippen LogP contribution in [0.3, 0.4) is 0 Å². The second-order valence-electron chi connectivity index (χ2n) is 8.66. The summed E-state index contributed by atoms with van der Waals surface area (Å²) in [5.74, 6) is 2.13. The first-order chi connectivity index (χ1) is 15.9. The maximum atomic E-state index is 13.0. The SMILES string of the molecule is COc1cccc([C@@H](c2c(NC(=O)c3cccs3)sc(C)c2C)N2CCC(C)CC2)c1OC. The maximum absolute atomic E-state index is 13.0. The molecule has 1 aromatic carbocycles. The molecule has 3 heterocycles. The standard InChI is InChI=1S/C26H32N2O3S2/c1-16-11-13-28(14-12-16)23(19-8-6-9-20(30-4)24(19)31-5)22-17(2)18(3)33-26(22)27-25(29)21-10-7-15-32-21/h6-10,15-16,23H,11-14H2,1-5H3,(H,27,29)/t23-/m0/s1. The molecular formula is C26H32N2O3S2. The topological polar surface area (TPSA) is 50.8 Å². The molecule has 1 amide bonds. The van der Waals surface area contributed by atoms with E-state index in [-0.39, 0.29) is 11.9 Å². The molecule has 1 saturated heterocycles. The minimum Gasteiger partial charge on any atom is -0.493 e. The number of carbonyl (C=O) groups excluding carboxylic acids is 1. The summed E-state index contributed by atoms with van der Waals surface area (Å²) in [6.45, 7) is 8.61. The monoisotopic (exact) mass is 484 g/mol. The molecule has 0 saturated carbocycles. The number of anilines is 1. The summed E-state index contributed by atoms with van der Waals surface area (Å²) in [6, 6.07) is 9.82. The highest BCUT2D eigenvalue weighted by Gasteiger charge is 2.34. The van der Waals surface area contributed by atoms with Gasteiger partial charge in [0.1, 0.15) is 5.00 Å². The minimum absolute atomic E-state index is 0.0360. The second kappa shape index (κ2) is 10.3. The van der Waals surface area contributed by atoms with Gasteiger partial charge in [-0.25, -0.2) is 0 Å². The molecule has 4 rings (SSSR count). The molecule has 1 atom stereocenters. The highest BCUT2D eigenvalue weighted by Crippen LogP contribution is 2.47. The Labute approximate surface area is 204 Å². The molecule has 0 unspecified atom stereocenters. The van der Waals surface area contributed by atoms with Gasteiger partial charge in [0.15, 0.2) is 11.5 Å². The summed E-state index contributed by atoms with van der Waals surface area (Å²) in [5.41, 5.74) is 3.44. The van der Waals surface area contributed by atoms with Gasteiger partial charge in [0.25, 0.3) is 5.91 Å². The molecule has 0 aliphatic carbocycles. The summed E-state index contributed by atoms with van der Waals surface area (Å²) in [5, 5.41) is 6.07. The lowest BCUT2D eigenvalue weighted by atomic mass is 9.90. The van der Waals surface area contributed by atoms with Crippen LogP contribution in [0.4, 0.5) is 5.00 Å². The van der Waals surface area contributed by atoms with Crippen molar-refractivity contribution in [2.45, 2.75) is 39.7 Å². The van der Waals surface area contributed by atoms with Gasteiger partial charge in [-0.1, -0.05) is 25.1 Å². The van der Waals surface area contributed by atoms with Crippen LogP contribution in [0, 0.1) is 19.8 Å². The number of methoxy groups -OCH3 is 2. The summed E-state index contributed by atoms with van der Waals surface area (Å²) >= 11 is 3.11. The number of hydrogen-bond donors (Lipinski definition) is 1. The van der Waals surface area contributed by atoms with E-state index in [0.717, 1.165) is 59.5 Å². The maximum Gasteiger partial charge on any atom is 0.266 e. The Morgan fingerprint density at radius 2 is 1.88 bits per heavy atom. The second-order valence-corrected chi connectivity index (χ2v) is 10.8. The van der Waals surface area contributed by atoms with Gasteiger partial charge >= 0.3 is 0 Å². The van der Waals surface area contributed by atoms with Crippen molar-refractivity contribution in [1.29, 1.82) is 0 Å². The number of para-hydroxylation sites is 1. The van der Waals surface area contributed by atoms with Gasteiger partial charge in [0.2, 0.25) is 0 Å². The highest BCUT2D eigenvalue weighted by atomic mass is 32.1. The van der Waals surface area contributed by atoms with Gasteiger partial charge in [-0.2, -0.15) is 0 Å². The van der Waals surface area contributed by atoms with Crippen LogP contribution in [0.15, 0.2) is 35.7 Å². The molecule has 33 heavy (non-hydrogen) atoms. The normalized spacial score (nSPS) is 15.9. The third-order valence-electron chi connectivity index (χ3n) is 6.59. The number of benzene rings is 1. The van der Waals surface area contributed by atoms with E-state index in [0.29, 0.717) is 4.88 Å². The van der Waals surface area contributed by atoms with Crippen LogP contribution in [-0.4, -0.2) is 38.1 Å². The zero-order valence-corrected chi connectivity index (χ0v) is 21.6. The molecule has 2 aromatic heterocycles. The van der Waals surface area contributed by atoms with Crippen molar-refractivity contribution >= 4 is 33.6 Å². The third-order valence-corrected chi connectivity index (χ3v) is 8.60. The summed E-state index contributed by atoms with van der Waals surface area (Å²) in [7, 11) is 3.37. The lowest BCUT2D eigenvalue weighted by molar-refractivity contribution is 0.103. The van der Waals surface area contributed by atoms with Gasteiger partial charge in [0.05, 0.1) is 25.1 Å². The molecule has 0 spiro atoms. The van der Waals surface area contributed by atoms with Crippen molar-refractivity contribution in [3.05, 3.63) is 62.2 Å². The molecule has 7 heteroatoms. The fourth-order valence-corrected chi connectivity index (χ4v) is 6.29. The molecule has 176 valence electrons. The van der Waals surface area contributed by atoms with E-state index >= 15 is 0 Å². The zero-order valence-electron chi connectivity index (χ0n) is 19.9. The lowest BCUT2D eigenvalue weighted by Gasteiger charge is -2.38. The van der Waals surface area contributed by atoms with Crippen molar-refractivity contribution in [2.24, 2.45) is 5.92 Å². The quantitative estimate of drug-likeness (QED) is 0.415. The molecule has 1 N–H and O–H groups in total. The Bertz CT molecular complexity index is 1100. The first-order valence-corrected chi connectivity index (χ1v) is 13.0. The molecule has 0 radical (unpaired) electrons. The molecule has 1 aliphatic rings. The summed E-state index contributed by atoms with van der Waals surface area (Å²) in [6.07, 6.45) is 2.31. The average Bonchev–Trinajstić information content (AvgIpc) is 3.45. The number of likely N-dealkylation sites (tertiary alicyclic amines) is 1. The number of rotatable bonds is 7. The van der Waals surface area contributed by atoms with Crippen molar-refractivity contribution in [2.75, 3.05) is 32.6 Å². The molecule has 0 bridgehead atoms. The number of hydrogen-bond acceptors (Lipinski definition) is 6. The van der Waals surface area contributed by atoms with E-state index < -0.39 is 0 Å². The van der Waals surface area contributed by atoms with E-state index in [4.69, 9.17) is 9.47 Å². The number of nitrogens with zero attached hydrogens (tertiary/aromatic N) is 1. The Hall–Kier alpha value is -2.35. The number of piperidine rings is 1. The molecule has 1 fully saturated rings. The summed E-state index contributed by atoms with van der Waals surface area (Å²) < 4.78 is 11.5. The molecular weight excluding hydrogens is 452 g/mol. The number of ether oxygens (including phenoxy) is 2. The zero-order chi connectivity index (χ0) is 23.5. The van der Waals surface area contributed by atoms with E-state index in [9.17, 15) is 4.79 Å². The predicted molar refractivity (Wildman–Crippen MR) is 137 cm³/mol. The average molecular weight is 485 g/mol. The first-order valence-electron chi connectivity index (χ1n) is 11.3. The molecule has 1 aliphatic heterocycles. The van der Waals surface area contributed by atoms with Crippen LogP contribution < -0.4 is 14.8 Å². The number of nitrogens with one attached hydrogen (secondary N) is 1. The Kier molecular flexibility index (Phi) is 7.41. The van der Waals surface area contributed by atoms with Crippen molar-refractivity contribution in [3.63, 3.8) is 0 Å². The number of thiophene rings is 2. The lowest BCUT2D eigenvalue weighted by Crippen LogP contribution is -2.37.